The first-order chi connectivity index (χ1) is 12.3. The van der Waals surface area contributed by atoms with Crippen molar-refractivity contribution in [3.63, 3.8) is 0 Å². The lowest BCUT2D eigenvalue weighted by molar-refractivity contribution is 0.106. The van der Waals surface area contributed by atoms with Gasteiger partial charge in [0.05, 0.1) is 6.21 Å². The monoisotopic (exact) mass is 326 g/mol. The van der Waals surface area contributed by atoms with Crippen molar-refractivity contribution in [2.24, 2.45) is 10.2 Å². The molecule has 0 N–H and O–H groups in total. The van der Waals surface area contributed by atoms with Crippen molar-refractivity contribution in [3.8, 4) is 0 Å². The predicted octanol–water partition coefficient (Wildman–Crippen LogP) is 4.70. The van der Waals surface area contributed by atoms with Gasteiger partial charge in [0.25, 0.3) is 0 Å². The van der Waals surface area contributed by atoms with Crippen LogP contribution in [0.1, 0.15) is 27.0 Å². The van der Waals surface area contributed by atoms with Gasteiger partial charge in [-0.15, -0.1) is 5.10 Å². The van der Waals surface area contributed by atoms with Crippen LogP contribution in [0.5, 0.6) is 0 Å². The first kappa shape index (κ1) is 16.5. The maximum Gasteiger partial charge on any atom is 0.213 e. The van der Waals surface area contributed by atoms with Crippen LogP contribution in [0.3, 0.4) is 0 Å². The second kappa shape index (κ2) is 7.97. The Labute approximate surface area is 147 Å². The van der Waals surface area contributed by atoms with Crippen LogP contribution in [-0.2, 0) is 0 Å². The van der Waals surface area contributed by atoms with E-state index in [0.717, 1.165) is 16.7 Å². The van der Waals surface area contributed by atoms with Crippen LogP contribution >= 0.6 is 0 Å². The molecule has 0 saturated carbocycles. The van der Waals surface area contributed by atoms with Crippen molar-refractivity contribution in [1.82, 2.24) is 0 Å². The van der Waals surface area contributed by atoms with E-state index in [1.807, 2.05) is 79.7 Å². The number of hydrogen-bond donors (Lipinski definition) is 0. The largest absolute Gasteiger partial charge is 0.287 e. The quantitative estimate of drug-likeness (QED) is 0.380. The van der Waals surface area contributed by atoms with Crippen molar-refractivity contribution in [2.45, 2.75) is 6.92 Å². The predicted molar refractivity (Wildman–Crippen MR) is 103 cm³/mol. The third-order valence-corrected chi connectivity index (χ3v) is 3.84. The SMILES string of the molecule is Cc1ccccc1/C=N\N=C(/C(=O)c1ccccc1)c1ccccc1. The Hall–Kier alpha value is -3.33. The Morgan fingerprint density at radius 3 is 1.96 bits per heavy atom. The Morgan fingerprint density at radius 1 is 0.760 bits per heavy atom. The van der Waals surface area contributed by atoms with Gasteiger partial charge in [-0.1, -0.05) is 84.9 Å². The Balaban J connectivity index is 1.97. The van der Waals surface area contributed by atoms with E-state index in [0.29, 0.717) is 11.3 Å². The number of carbonyl (C=O) groups is 1. The molecule has 0 aliphatic heterocycles. The van der Waals surface area contributed by atoms with Crippen LogP contribution in [0.25, 0.3) is 0 Å². The molecule has 0 radical (unpaired) electrons. The molecule has 0 amide bonds. The van der Waals surface area contributed by atoms with Crippen molar-refractivity contribution in [1.29, 1.82) is 0 Å². The maximum absolute atomic E-state index is 12.8. The van der Waals surface area contributed by atoms with Gasteiger partial charge in [0.1, 0.15) is 5.71 Å². The van der Waals surface area contributed by atoms with Gasteiger partial charge in [-0.25, -0.2) is 0 Å². The highest BCUT2D eigenvalue weighted by atomic mass is 16.1. The Kier molecular flexibility index (Phi) is 5.27. The second-order valence-corrected chi connectivity index (χ2v) is 5.61. The summed E-state index contributed by atoms with van der Waals surface area (Å²) < 4.78 is 0. The van der Waals surface area contributed by atoms with Crippen LogP contribution in [0, 0.1) is 6.92 Å². The molecule has 3 aromatic carbocycles. The highest BCUT2D eigenvalue weighted by Crippen LogP contribution is 2.10. The molecule has 3 rings (SSSR count). The van der Waals surface area contributed by atoms with Gasteiger partial charge in [-0.05, 0) is 18.1 Å². The fraction of sp³-hybridized carbons (Fsp3) is 0.0455. The minimum absolute atomic E-state index is 0.145. The van der Waals surface area contributed by atoms with Crippen LogP contribution in [0.2, 0.25) is 0 Å². The van der Waals surface area contributed by atoms with Crippen molar-refractivity contribution < 1.29 is 4.79 Å². The van der Waals surface area contributed by atoms with Gasteiger partial charge in [0.15, 0.2) is 0 Å². The first-order valence-electron chi connectivity index (χ1n) is 8.07. The van der Waals surface area contributed by atoms with E-state index in [9.17, 15) is 4.79 Å². The number of hydrogen-bond acceptors (Lipinski definition) is 3. The zero-order valence-electron chi connectivity index (χ0n) is 14.0. The summed E-state index contributed by atoms with van der Waals surface area (Å²) in [6.07, 6.45) is 1.68. The fourth-order valence-electron chi connectivity index (χ4n) is 2.44. The number of carbonyl (C=O) groups excluding carboxylic acids is 1. The molecule has 0 atom stereocenters. The molecule has 0 bridgehead atoms. The molecule has 0 heterocycles. The normalized spacial score (nSPS) is 11.6. The molecule has 0 aliphatic carbocycles. The zero-order chi connectivity index (χ0) is 17.5. The van der Waals surface area contributed by atoms with Crippen LogP contribution in [-0.4, -0.2) is 17.7 Å². The Bertz CT molecular complexity index is 913. The smallest absolute Gasteiger partial charge is 0.213 e. The molecular weight excluding hydrogens is 308 g/mol. The van der Waals surface area contributed by atoms with E-state index in [1.165, 1.54) is 0 Å². The van der Waals surface area contributed by atoms with E-state index in [1.54, 1.807) is 18.3 Å². The highest BCUT2D eigenvalue weighted by Gasteiger charge is 2.15. The van der Waals surface area contributed by atoms with Crippen molar-refractivity contribution >= 4 is 17.7 Å². The second-order valence-electron chi connectivity index (χ2n) is 5.61. The summed E-state index contributed by atoms with van der Waals surface area (Å²) in [7, 11) is 0. The van der Waals surface area contributed by atoms with Crippen molar-refractivity contribution in [3.05, 3.63) is 107 Å². The third-order valence-electron chi connectivity index (χ3n) is 3.84. The molecule has 3 heteroatoms. The summed E-state index contributed by atoms with van der Waals surface area (Å²) in [5, 5.41) is 8.41. The van der Waals surface area contributed by atoms with Gasteiger partial charge in [-0.3, -0.25) is 4.79 Å². The number of nitrogens with zero attached hydrogens (tertiary/aromatic N) is 2. The standard InChI is InChI=1S/C22H18N2O/c1-17-10-8-9-15-20(17)16-23-24-21(18-11-4-2-5-12-18)22(25)19-13-6-3-7-14-19/h2-16H,1H3/b23-16-,24-21-. The van der Waals surface area contributed by atoms with E-state index in [2.05, 4.69) is 10.2 Å². The van der Waals surface area contributed by atoms with Gasteiger partial charge >= 0.3 is 0 Å². The van der Waals surface area contributed by atoms with Gasteiger partial charge < -0.3 is 0 Å². The number of ketones is 1. The lowest BCUT2D eigenvalue weighted by Crippen LogP contribution is -2.15. The molecule has 0 spiro atoms. The molecule has 122 valence electrons. The zero-order valence-corrected chi connectivity index (χ0v) is 14.0. The minimum atomic E-state index is -0.145. The molecule has 0 fully saturated rings. The summed E-state index contributed by atoms with van der Waals surface area (Å²) in [6, 6.07) is 26.4. The average molecular weight is 326 g/mol. The molecule has 0 aromatic heterocycles. The topological polar surface area (TPSA) is 41.8 Å². The van der Waals surface area contributed by atoms with E-state index in [-0.39, 0.29) is 5.78 Å². The van der Waals surface area contributed by atoms with E-state index < -0.39 is 0 Å². The average Bonchev–Trinajstić information content (AvgIpc) is 2.67. The van der Waals surface area contributed by atoms with Crippen LogP contribution < -0.4 is 0 Å². The molecule has 0 unspecified atom stereocenters. The summed E-state index contributed by atoms with van der Waals surface area (Å²) in [5.74, 6) is -0.145. The van der Waals surface area contributed by atoms with Gasteiger partial charge in [0, 0.05) is 11.1 Å². The Morgan fingerprint density at radius 2 is 1.32 bits per heavy atom. The van der Waals surface area contributed by atoms with Gasteiger partial charge in [0.2, 0.25) is 5.78 Å². The van der Waals surface area contributed by atoms with E-state index in [4.69, 9.17) is 0 Å². The highest BCUT2D eigenvalue weighted by molar-refractivity contribution is 6.51. The lowest BCUT2D eigenvalue weighted by atomic mass is 10.0. The molecule has 3 aromatic rings. The molecule has 25 heavy (non-hydrogen) atoms. The van der Waals surface area contributed by atoms with Crippen LogP contribution in [0.4, 0.5) is 0 Å². The minimum Gasteiger partial charge on any atom is -0.287 e. The van der Waals surface area contributed by atoms with Crippen molar-refractivity contribution in [2.75, 3.05) is 0 Å². The molecular formula is C22H18N2O. The lowest BCUT2D eigenvalue weighted by Gasteiger charge is -2.04. The summed E-state index contributed by atoms with van der Waals surface area (Å²) in [5.41, 5.74) is 3.76. The van der Waals surface area contributed by atoms with Gasteiger partial charge in [-0.2, -0.15) is 5.10 Å². The first-order valence-corrected chi connectivity index (χ1v) is 8.07. The third kappa shape index (κ3) is 4.15. The van der Waals surface area contributed by atoms with Crippen LogP contribution in [0.15, 0.2) is 95.1 Å². The number of aryl methyl sites for hydroxylation is 1. The summed E-state index contributed by atoms with van der Waals surface area (Å²) in [4.78, 5) is 12.8. The number of Topliss-reactive ketones (excluding diaryl/α,β-unsaturated/α-hetero) is 1. The molecule has 0 saturated heterocycles. The summed E-state index contributed by atoms with van der Waals surface area (Å²) in [6.45, 7) is 2.01. The summed E-state index contributed by atoms with van der Waals surface area (Å²) >= 11 is 0. The maximum atomic E-state index is 12.8. The van der Waals surface area contributed by atoms with E-state index >= 15 is 0 Å². The molecule has 3 nitrogen and oxygen atoms in total. The number of benzene rings is 3. The number of rotatable bonds is 5. The molecule has 0 aliphatic rings. The fourth-order valence-corrected chi connectivity index (χ4v) is 2.44.